The molecule has 0 aromatic rings. The van der Waals surface area contributed by atoms with E-state index in [0.717, 1.165) is 19.5 Å². The normalized spacial score (nSPS) is 17.0. The van der Waals surface area contributed by atoms with Crippen molar-refractivity contribution in [1.29, 1.82) is 0 Å². The molecule has 4 heteroatoms. The first-order valence-electron chi connectivity index (χ1n) is 4.58. The number of hydrogen-bond donors (Lipinski definition) is 2. The van der Waals surface area contributed by atoms with Crippen LogP contribution >= 0.6 is 0 Å². The van der Waals surface area contributed by atoms with Crippen molar-refractivity contribution in [3.05, 3.63) is 0 Å². The van der Waals surface area contributed by atoms with Crippen molar-refractivity contribution < 1.29 is 9.32 Å². The monoisotopic (exact) mass is 207 g/mol. The molecule has 0 saturated heterocycles. The van der Waals surface area contributed by atoms with Gasteiger partial charge in [0.05, 0.1) is 5.60 Å². The first kappa shape index (κ1) is 13.1. The summed E-state index contributed by atoms with van der Waals surface area (Å²) in [5, 5.41) is 12.7. The van der Waals surface area contributed by atoms with Crippen molar-refractivity contribution in [3.8, 4) is 0 Å². The molecular weight excluding hydrogens is 186 g/mol. The minimum Gasteiger partial charge on any atom is -0.390 e. The second-order valence-electron chi connectivity index (χ2n) is 4.08. The van der Waals surface area contributed by atoms with Gasteiger partial charge in [0.2, 0.25) is 0 Å². The third kappa shape index (κ3) is 8.40. The van der Waals surface area contributed by atoms with Crippen LogP contribution in [-0.2, 0) is 10.8 Å². The van der Waals surface area contributed by atoms with Crippen LogP contribution in [-0.4, -0.2) is 39.5 Å². The molecule has 0 spiro atoms. The summed E-state index contributed by atoms with van der Waals surface area (Å²) in [7, 11) is -0.760. The smallest absolute Gasteiger partial charge is 0.0603 e. The van der Waals surface area contributed by atoms with Gasteiger partial charge in [-0.25, -0.2) is 0 Å². The van der Waals surface area contributed by atoms with E-state index in [4.69, 9.17) is 0 Å². The summed E-state index contributed by atoms with van der Waals surface area (Å²) in [5.41, 5.74) is -0.610. The van der Waals surface area contributed by atoms with Crippen LogP contribution in [0.15, 0.2) is 0 Å². The van der Waals surface area contributed by atoms with Crippen molar-refractivity contribution in [1.82, 2.24) is 5.32 Å². The fourth-order valence-corrected chi connectivity index (χ4v) is 1.17. The average Bonchev–Trinajstić information content (AvgIpc) is 1.95. The van der Waals surface area contributed by atoms with E-state index in [1.807, 2.05) is 6.92 Å². The predicted molar refractivity (Wildman–Crippen MR) is 57.3 cm³/mol. The molecular formula is C9H21NO2S. The van der Waals surface area contributed by atoms with Gasteiger partial charge in [-0.1, -0.05) is 0 Å². The van der Waals surface area contributed by atoms with Crippen LogP contribution in [0.3, 0.4) is 0 Å². The Bertz CT molecular complexity index is 165. The summed E-state index contributed by atoms with van der Waals surface area (Å²) in [6.45, 7) is 7.05. The lowest BCUT2D eigenvalue weighted by molar-refractivity contribution is 0.0713. The Morgan fingerprint density at radius 3 is 2.46 bits per heavy atom. The lowest BCUT2D eigenvalue weighted by Crippen LogP contribution is -2.32. The lowest BCUT2D eigenvalue weighted by Gasteiger charge is -2.17. The van der Waals surface area contributed by atoms with Crippen LogP contribution in [0.5, 0.6) is 0 Å². The minimum absolute atomic E-state index is 0.182. The van der Waals surface area contributed by atoms with Gasteiger partial charge in [0, 0.05) is 28.9 Å². The number of hydrogen-bond acceptors (Lipinski definition) is 3. The Balaban J connectivity index is 3.41. The molecule has 0 rings (SSSR count). The van der Waals surface area contributed by atoms with Crippen LogP contribution < -0.4 is 5.32 Å². The molecule has 80 valence electrons. The average molecular weight is 207 g/mol. The highest BCUT2D eigenvalue weighted by molar-refractivity contribution is 7.84. The minimum atomic E-state index is -0.760. The van der Waals surface area contributed by atoms with E-state index in [1.165, 1.54) is 0 Å². The van der Waals surface area contributed by atoms with Crippen molar-refractivity contribution in [2.24, 2.45) is 0 Å². The molecule has 0 fully saturated rings. The standard InChI is InChI=1S/C9H21NO2S/c1-8(13(4)12)7-10-6-5-9(2,3)11/h8,10-11H,5-7H2,1-4H3. The zero-order valence-electron chi connectivity index (χ0n) is 8.96. The molecule has 0 radical (unpaired) electrons. The topological polar surface area (TPSA) is 49.3 Å². The van der Waals surface area contributed by atoms with Crippen LogP contribution in [0.1, 0.15) is 27.2 Å². The largest absolute Gasteiger partial charge is 0.390 e. The highest BCUT2D eigenvalue weighted by atomic mass is 32.2. The highest BCUT2D eigenvalue weighted by Gasteiger charge is 2.11. The molecule has 0 aliphatic carbocycles. The van der Waals surface area contributed by atoms with Crippen LogP contribution in [0.25, 0.3) is 0 Å². The van der Waals surface area contributed by atoms with Crippen LogP contribution in [0.2, 0.25) is 0 Å². The van der Waals surface area contributed by atoms with E-state index >= 15 is 0 Å². The fraction of sp³-hybridized carbons (Fsp3) is 1.00. The number of aliphatic hydroxyl groups is 1. The maximum atomic E-state index is 11.0. The van der Waals surface area contributed by atoms with Gasteiger partial charge in [-0.15, -0.1) is 0 Å². The van der Waals surface area contributed by atoms with Crippen molar-refractivity contribution in [2.75, 3.05) is 19.3 Å². The van der Waals surface area contributed by atoms with Gasteiger partial charge in [-0.2, -0.15) is 0 Å². The molecule has 2 atom stereocenters. The number of nitrogens with one attached hydrogen (secondary N) is 1. The Hall–Kier alpha value is 0.0700. The first-order chi connectivity index (χ1) is 5.83. The molecule has 2 unspecified atom stereocenters. The van der Waals surface area contributed by atoms with Crippen LogP contribution in [0, 0.1) is 0 Å². The first-order valence-corrected chi connectivity index (χ1v) is 6.20. The van der Waals surface area contributed by atoms with Crippen molar-refractivity contribution in [2.45, 2.75) is 38.0 Å². The molecule has 0 aliphatic heterocycles. The summed E-state index contributed by atoms with van der Waals surface area (Å²) < 4.78 is 11.0. The van der Waals surface area contributed by atoms with E-state index in [-0.39, 0.29) is 5.25 Å². The summed E-state index contributed by atoms with van der Waals surface area (Å²) >= 11 is 0. The summed E-state index contributed by atoms with van der Waals surface area (Å²) in [5.74, 6) is 0. The van der Waals surface area contributed by atoms with E-state index < -0.39 is 16.4 Å². The molecule has 3 nitrogen and oxygen atoms in total. The van der Waals surface area contributed by atoms with E-state index in [1.54, 1.807) is 20.1 Å². The predicted octanol–water partition coefficient (Wildman–Crippen LogP) is 0.504. The van der Waals surface area contributed by atoms with Crippen LogP contribution in [0.4, 0.5) is 0 Å². The van der Waals surface area contributed by atoms with Gasteiger partial charge in [-0.05, 0) is 33.7 Å². The second-order valence-corrected chi connectivity index (χ2v) is 5.88. The highest BCUT2D eigenvalue weighted by Crippen LogP contribution is 2.04. The van der Waals surface area contributed by atoms with E-state index in [0.29, 0.717) is 0 Å². The Labute approximate surface area is 83.4 Å². The summed E-state index contributed by atoms with van der Waals surface area (Å²) in [6, 6.07) is 0. The maximum absolute atomic E-state index is 11.0. The van der Waals surface area contributed by atoms with Crippen molar-refractivity contribution >= 4 is 10.8 Å². The fourth-order valence-electron chi connectivity index (χ4n) is 0.817. The quantitative estimate of drug-likeness (QED) is 0.624. The van der Waals surface area contributed by atoms with Gasteiger partial charge in [0.15, 0.2) is 0 Å². The SMILES string of the molecule is CC(CNCCC(C)(C)O)S(C)=O. The molecule has 0 heterocycles. The van der Waals surface area contributed by atoms with Crippen molar-refractivity contribution in [3.63, 3.8) is 0 Å². The molecule has 2 N–H and O–H groups in total. The molecule has 0 amide bonds. The van der Waals surface area contributed by atoms with Gasteiger partial charge < -0.3 is 10.4 Å². The third-order valence-electron chi connectivity index (χ3n) is 1.91. The zero-order valence-corrected chi connectivity index (χ0v) is 9.78. The van der Waals surface area contributed by atoms with E-state index in [2.05, 4.69) is 5.32 Å². The lowest BCUT2D eigenvalue weighted by atomic mass is 10.1. The Morgan fingerprint density at radius 2 is 2.08 bits per heavy atom. The summed E-state index contributed by atoms with van der Waals surface area (Å²) in [4.78, 5) is 0. The molecule has 0 aromatic carbocycles. The number of rotatable bonds is 6. The van der Waals surface area contributed by atoms with E-state index in [9.17, 15) is 9.32 Å². The Kier molecular flexibility index (Phi) is 5.76. The third-order valence-corrected chi connectivity index (χ3v) is 3.21. The van der Waals surface area contributed by atoms with Gasteiger partial charge in [-0.3, -0.25) is 4.21 Å². The zero-order chi connectivity index (χ0) is 10.5. The molecule has 0 aromatic heterocycles. The molecule has 13 heavy (non-hydrogen) atoms. The molecule has 0 bridgehead atoms. The van der Waals surface area contributed by atoms with Gasteiger partial charge >= 0.3 is 0 Å². The molecule has 0 saturated carbocycles. The molecule has 0 aliphatic rings. The van der Waals surface area contributed by atoms with Gasteiger partial charge in [0.25, 0.3) is 0 Å². The summed E-state index contributed by atoms with van der Waals surface area (Å²) in [6.07, 6.45) is 2.43. The maximum Gasteiger partial charge on any atom is 0.0603 e. The van der Waals surface area contributed by atoms with Gasteiger partial charge in [0.1, 0.15) is 0 Å². The Morgan fingerprint density at radius 1 is 1.54 bits per heavy atom. The second kappa shape index (κ2) is 5.73.